The molecule has 172 valence electrons. The standard InChI is InChI=1S/C26H34N2O4/c1-4-20(16-26(30)31)21-11-12-24(28-13-5-6-22(28)17-32-3)23(15-21)27-25(29)14-19-9-7-18(2)8-10-19/h7-12,15,20,22H,4-6,13-14,16-17H2,1-3H3,(H,27,29)(H,30,31). The van der Waals surface area contributed by atoms with Crippen LogP contribution >= 0.6 is 0 Å². The normalized spacial score (nSPS) is 16.7. The van der Waals surface area contributed by atoms with Crippen LogP contribution in [0.15, 0.2) is 42.5 Å². The van der Waals surface area contributed by atoms with E-state index in [1.54, 1.807) is 7.11 Å². The first kappa shape index (κ1) is 23.8. The minimum Gasteiger partial charge on any atom is -0.481 e. The van der Waals surface area contributed by atoms with Crippen molar-refractivity contribution in [1.82, 2.24) is 0 Å². The number of hydrogen-bond acceptors (Lipinski definition) is 4. The van der Waals surface area contributed by atoms with Gasteiger partial charge in [-0.2, -0.15) is 0 Å². The van der Waals surface area contributed by atoms with Crippen LogP contribution in [-0.2, 0) is 20.7 Å². The minimum absolute atomic E-state index is 0.0720. The highest BCUT2D eigenvalue weighted by Gasteiger charge is 2.27. The Morgan fingerprint density at radius 1 is 1.22 bits per heavy atom. The molecule has 2 atom stereocenters. The van der Waals surface area contributed by atoms with Crippen molar-refractivity contribution < 1.29 is 19.4 Å². The van der Waals surface area contributed by atoms with Crippen LogP contribution in [0.2, 0.25) is 0 Å². The summed E-state index contributed by atoms with van der Waals surface area (Å²) in [4.78, 5) is 26.6. The van der Waals surface area contributed by atoms with Gasteiger partial charge >= 0.3 is 5.97 Å². The number of carboxylic acid groups (broad SMARTS) is 1. The lowest BCUT2D eigenvalue weighted by atomic mass is 9.92. The van der Waals surface area contributed by atoms with Gasteiger partial charge in [0.15, 0.2) is 0 Å². The number of benzene rings is 2. The zero-order valence-corrected chi connectivity index (χ0v) is 19.3. The van der Waals surface area contributed by atoms with E-state index in [9.17, 15) is 14.7 Å². The third-order valence-electron chi connectivity index (χ3n) is 6.21. The van der Waals surface area contributed by atoms with Crippen LogP contribution in [0, 0.1) is 6.92 Å². The first-order valence-corrected chi connectivity index (χ1v) is 11.4. The molecule has 0 spiro atoms. The van der Waals surface area contributed by atoms with Gasteiger partial charge in [-0.05, 0) is 55.4 Å². The Morgan fingerprint density at radius 3 is 2.62 bits per heavy atom. The summed E-state index contributed by atoms with van der Waals surface area (Å²) in [6.07, 6.45) is 3.20. The summed E-state index contributed by atoms with van der Waals surface area (Å²) in [7, 11) is 1.71. The minimum atomic E-state index is -0.814. The number of nitrogens with zero attached hydrogens (tertiary/aromatic N) is 1. The molecule has 1 saturated heterocycles. The van der Waals surface area contributed by atoms with Crippen molar-refractivity contribution in [2.24, 2.45) is 0 Å². The van der Waals surface area contributed by atoms with Gasteiger partial charge in [0.2, 0.25) is 5.91 Å². The Balaban J connectivity index is 1.89. The van der Waals surface area contributed by atoms with Crippen LogP contribution in [0.25, 0.3) is 0 Å². The van der Waals surface area contributed by atoms with Crippen molar-refractivity contribution in [2.45, 2.75) is 57.9 Å². The van der Waals surface area contributed by atoms with Gasteiger partial charge < -0.3 is 20.1 Å². The van der Waals surface area contributed by atoms with Gasteiger partial charge in [0.25, 0.3) is 0 Å². The van der Waals surface area contributed by atoms with Crippen LogP contribution in [-0.4, -0.2) is 43.3 Å². The number of carbonyl (C=O) groups is 2. The fraction of sp³-hybridized carbons (Fsp3) is 0.462. The van der Waals surface area contributed by atoms with Crippen LogP contribution in [0.1, 0.15) is 55.2 Å². The second-order valence-electron chi connectivity index (χ2n) is 8.63. The third kappa shape index (κ3) is 6.10. The molecule has 32 heavy (non-hydrogen) atoms. The Hall–Kier alpha value is -2.86. The molecule has 3 rings (SSSR count). The molecule has 6 heteroatoms. The average molecular weight is 439 g/mol. The van der Waals surface area contributed by atoms with E-state index >= 15 is 0 Å². The van der Waals surface area contributed by atoms with E-state index in [1.807, 2.05) is 56.3 Å². The number of hydrogen-bond donors (Lipinski definition) is 2. The molecular formula is C26H34N2O4. The molecule has 2 unspecified atom stereocenters. The maximum Gasteiger partial charge on any atom is 0.303 e. The summed E-state index contributed by atoms with van der Waals surface area (Å²) in [6, 6.07) is 14.2. The number of nitrogens with one attached hydrogen (secondary N) is 1. The number of aryl methyl sites for hydroxylation is 1. The van der Waals surface area contributed by atoms with E-state index in [1.165, 1.54) is 0 Å². The number of methoxy groups -OCH3 is 1. The number of rotatable bonds is 10. The summed E-state index contributed by atoms with van der Waals surface area (Å²) in [5, 5.41) is 12.4. The quantitative estimate of drug-likeness (QED) is 0.559. The zero-order chi connectivity index (χ0) is 23.1. The van der Waals surface area contributed by atoms with Crippen molar-refractivity contribution in [1.29, 1.82) is 0 Å². The van der Waals surface area contributed by atoms with E-state index < -0.39 is 5.97 Å². The molecule has 0 bridgehead atoms. The third-order valence-corrected chi connectivity index (χ3v) is 6.21. The molecule has 0 aromatic heterocycles. The lowest BCUT2D eigenvalue weighted by molar-refractivity contribution is -0.137. The monoisotopic (exact) mass is 438 g/mol. The van der Waals surface area contributed by atoms with Crippen LogP contribution in [0.4, 0.5) is 11.4 Å². The number of carboxylic acids is 1. The van der Waals surface area contributed by atoms with Crippen LogP contribution < -0.4 is 10.2 Å². The molecule has 1 aliphatic rings. The van der Waals surface area contributed by atoms with Crippen LogP contribution in [0.3, 0.4) is 0 Å². The molecule has 0 aliphatic carbocycles. The summed E-state index contributed by atoms with van der Waals surface area (Å²) in [5.74, 6) is -0.991. The predicted octanol–water partition coefficient (Wildman–Crippen LogP) is 4.76. The van der Waals surface area contributed by atoms with Crippen molar-refractivity contribution in [3.05, 3.63) is 59.2 Å². The van der Waals surface area contributed by atoms with Gasteiger partial charge in [0.1, 0.15) is 0 Å². The lowest BCUT2D eigenvalue weighted by Crippen LogP contribution is -2.33. The van der Waals surface area contributed by atoms with E-state index in [-0.39, 0.29) is 30.7 Å². The second kappa shape index (κ2) is 11.1. The molecule has 6 nitrogen and oxygen atoms in total. The molecule has 2 N–H and O–H groups in total. The van der Waals surface area contributed by atoms with Gasteiger partial charge in [-0.3, -0.25) is 9.59 Å². The molecule has 1 amide bonds. The number of amides is 1. The highest BCUT2D eigenvalue weighted by atomic mass is 16.5. The maximum atomic E-state index is 12.9. The van der Waals surface area contributed by atoms with Crippen molar-refractivity contribution >= 4 is 23.3 Å². The van der Waals surface area contributed by atoms with Crippen molar-refractivity contribution in [3.63, 3.8) is 0 Å². The fourth-order valence-electron chi connectivity index (χ4n) is 4.47. The SMILES string of the molecule is CCC(CC(=O)O)c1ccc(N2CCCC2COC)c(NC(=O)Cc2ccc(C)cc2)c1. The first-order valence-electron chi connectivity index (χ1n) is 11.4. The largest absolute Gasteiger partial charge is 0.481 e. The van der Waals surface area contributed by atoms with Gasteiger partial charge in [-0.1, -0.05) is 42.8 Å². The maximum absolute atomic E-state index is 12.9. The number of carbonyl (C=O) groups excluding carboxylic acids is 1. The van der Waals surface area contributed by atoms with Crippen LogP contribution in [0.5, 0.6) is 0 Å². The Morgan fingerprint density at radius 2 is 1.97 bits per heavy atom. The fourth-order valence-corrected chi connectivity index (χ4v) is 4.47. The number of anilines is 2. The number of ether oxygens (including phenoxy) is 1. The van der Waals surface area contributed by atoms with E-state index in [2.05, 4.69) is 10.2 Å². The molecule has 0 radical (unpaired) electrons. The summed E-state index contributed by atoms with van der Waals surface area (Å²) in [6.45, 7) is 5.55. The van der Waals surface area contributed by atoms with E-state index in [0.717, 1.165) is 53.9 Å². The average Bonchev–Trinajstić information content (AvgIpc) is 3.22. The molecule has 2 aromatic rings. The Kier molecular flexibility index (Phi) is 8.28. The Bertz CT molecular complexity index is 926. The smallest absolute Gasteiger partial charge is 0.303 e. The van der Waals surface area contributed by atoms with E-state index in [0.29, 0.717) is 6.61 Å². The summed E-state index contributed by atoms with van der Waals surface area (Å²) >= 11 is 0. The van der Waals surface area contributed by atoms with Gasteiger partial charge in [-0.25, -0.2) is 0 Å². The lowest BCUT2D eigenvalue weighted by Gasteiger charge is -2.29. The molecule has 1 fully saturated rings. The molecule has 1 aliphatic heterocycles. The first-order chi connectivity index (χ1) is 15.4. The zero-order valence-electron chi connectivity index (χ0n) is 19.3. The topological polar surface area (TPSA) is 78.9 Å². The van der Waals surface area contributed by atoms with Gasteiger partial charge in [-0.15, -0.1) is 0 Å². The number of aliphatic carboxylic acids is 1. The highest BCUT2D eigenvalue weighted by Crippen LogP contribution is 2.36. The molecule has 2 aromatic carbocycles. The molecule has 0 saturated carbocycles. The Labute approximate surface area is 190 Å². The summed E-state index contributed by atoms with van der Waals surface area (Å²) in [5.41, 5.74) is 4.77. The van der Waals surface area contributed by atoms with Crippen molar-refractivity contribution in [2.75, 3.05) is 30.5 Å². The molecule has 1 heterocycles. The molecular weight excluding hydrogens is 404 g/mol. The second-order valence-corrected chi connectivity index (χ2v) is 8.63. The van der Waals surface area contributed by atoms with Gasteiger partial charge in [0.05, 0.1) is 36.9 Å². The van der Waals surface area contributed by atoms with Crippen molar-refractivity contribution in [3.8, 4) is 0 Å². The highest BCUT2D eigenvalue weighted by molar-refractivity contribution is 5.96. The summed E-state index contributed by atoms with van der Waals surface area (Å²) < 4.78 is 5.42. The predicted molar refractivity (Wildman–Crippen MR) is 127 cm³/mol. The van der Waals surface area contributed by atoms with Gasteiger partial charge in [0, 0.05) is 13.7 Å². The van der Waals surface area contributed by atoms with E-state index in [4.69, 9.17) is 4.74 Å².